The molecule has 2 rings (SSSR count). The topological polar surface area (TPSA) is 59.6 Å². The van der Waals surface area contributed by atoms with Crippen LogP contribution in [0.4, 0.5) is 5.69 Å². The summed E-state index contributed by atoms with van der Waals surface area (Å²) in [5, 5.41) is 3.07. The van der Waals surface area contributed by atoms with Crippen molar-refractivity contribution in [3.8, 4) is 5.75 Å². The average molecular weight is 297 g/mol. The van der Waals surface area contributed by atoms with Gasteiger partial charge in [0.1, 0.15) is 5.75 Å². The van der Waals surface area contributed by atoms with Crippen molar-refractivity contribution in [3.63, 3.8) is 0 Å². The van der Waals surface area contributed by atoms with Crippen LogP contribution in [-0.2, 0) is 0 Å². The highest BCUT2D eigenvalue weighted by molar-refractivity contribution is 5.92. The first-order valence-electron chi connectivity index (χ1n) is 7.47. The van der Waals surface area contributed by atoms with Gasteiger partial charge in [-0.2, -0.15) is 0 Å². The van der Waals surface area contributed by atoms with Crippen molar-refractivity contribution in [2.75, 3.05) is 18.5 Å². The lowest BCUT2D eigenvalue weighted by Gasteiger charge is -2.08. The van der Waals surface area contributed by atoms with Gasteiger partial charge in [0, 0.05) is 18.7 Å². The minimum Gasteiger partial charge on any atom is -0.493 e. The van der Waals surface area contributed by atoms with Gasteiger partial charge in [0.25, 0.3) is 0 Å². The van der Waals surface area contributed by atoms with E-state index in [4.69, 9.17) is 10.5 Å². The van der Waals surface area contributed by atoms with Crippen LogP contribution in [0.5, 0.6) is 5.75 Å². The second kappa shape index (κ2) is 8.08. The van der Waals surface area contributed by atoms with Gasteiger partial charge in [-0.25, -0.2) is 0 Å². The molecule has 0 aliphatic rings. The molecule has 0 bridgehead atoms. The van der Waals surface area contributed by atoms with Crippen LogP contribution in [0.2, 0.25) is 0 Å². The Kier molecular flexibility index (Phi) is 5.83. The number of ether oxygens (including phenoxy) is 1. The van der Waals surface area contributed by atoms with Crippen molar-refractivity contribution in [2.45, 2.75) is 20.3 Å². The van der Waals surface area contributed by atoms with E-state index in [1.807, 2.05) is 55.5 Å². The van der Waals surface area contributed by atoms with Crippen LogP contribution in [0.3, 0.4) is 0 Å². The predicted octanol–water partition coefficient (Wildman–Crippen LogP) is 3.50. The van der Waals surface area contributed by atoms with Gasteiger partial charge in [-0.05, 0) is 37.6 Å². The molecule has 0 unspecified atom stereocenters. The normalized spacial score (nSPS) is 11.3. The number of aryl methyl sites for hydroxylation is 2. The van der Waals surface area contributed by atoms with E-state index in [0.717, 1.165) is 23.4 Å². The van der Waals surface area contributed by atoms with Crippen LogP contribution in [0.1, 0.15) is 17.5 Å². The Balaban J connectivity index is 1.71. The molecule has 0 spiro atoms. The van der Waals surface area contributed by atoms with Crippen LogP contribution in [0, 0.1) is 13.8 Å². The molecule has 0 heterocycles. The average Bonchev–Trinajstić information content (AvgIpc) is 2.51. The minimum absolute atomic E-state index is 0.430. The van der Waals surface area contributed by atoms with E-state index in [1.54, 1.807) is 0 Å². The molecule has 0 atom stereocenters. The van der Waals surface area contributed by atoms with Crippen molar-refractivity contribution in [1.82, 2.24) is 0 Å². The first-order chi connectivity index (χ1) is 10.6. The number of nitrogens with zero attached hydrogens (tertiary/aromatic N) is 1. The highest BCUT2D eigenvalue weighted by Crippen LogP contribution is 2.16. The Morgan fingerprint density at radius 2 is 1.82 bits per heavy atom. The highest BCUT2D eigenvalue weighted by atomic mass is 16.5. The van der Waals surface area contributed by atoms with Crippen molar-refractivity contribution in [1.29, 1.82) is 0 Å². The summed E-state index contributed by atoms with van der Waals surface area (Å²) in [6.07, 6.45) is 0.824. The molecule has 0 aliphatic carbocycles. The SMILES string of the molecule is Cc1ccc(NC(N)=NCCCOc2ccccc2C)cc1. The smallest absolute Gasteiger partial charge is 0.193 e. The fraction of sp³-hybridized carbons (Fsp3) is 0.278. The van der Waals surface area contributed by atoms with E-state index in [9.17, 15) is 0 Å². The van der Waals surface area contributed by atoms with Gasteiger partial charge in [-0.3, -0.25) is 4.99 Å². The summed E-state index contributed by atoms with van der Waals surface area (Å²) in [4.78, 5) is 4.30. The van der Waals surface area contributed by atoms with Crippen molar-refractivity contribution in [2.24, 2.45) is 10.7 Å². The van der Waals surface area contributed by atoms with E-state index in [0.29, 0.717) is 19.1 Å². The van der Waals surface area contributed by atoms with Crippen LogP contribution < -0.4 is 15.8 Å². The molecule has 0 amide bonds. The number of benzene rings is 2. The monoisotopic (exact) mass is 297 g/mol. The molecule has 116 valence electrons. The summed E-state index contributed by atoms with van der Waals surface area (Å²) in [6, 6.07) is 16.0. The number of nitrogens with two attached hydrogens (primary N) is 1. The van der Waals surface area contributed by atoms with Crippen LogP contribution in [-0.4, -0.2) is 19.1 Å². The van der Waals surface area contributed by atoms with Crippen molar-refractivity contribution in [3.05, 3.63) is 59.7 Å². The third-order valence-electron chi connectivity index (χ3n) is 3.26. The number of guanidine groups is 1. The van der Waals surface area contributed by atoms with Gasteiger partial charge in [0.05, 0.1) is 6.61 Å². The molecule has 0 fully saturated rings. The molecule has 4 nitrogen and oxygen atoms in total. The lowest BCUT2D eigenvalue weighted by molar-refractivity contribution is 0.311. The largest absolute Gasteiger partial charge is 0.493 e. The zero-order chi connectivity index (χ0) is 15.8. The fourth-order valence-corrected chi connectivity index (χ4v) is 1.99. The Bertz CT molecular complexity index is 620. The van der Waals surface area contributed by atoms with E-state index in [2.05, 4.69) is 17.2 Å². The molecular formula is C18H23N3O. The molecule has 4 heteroatoms. The van der Waals surface area contributed by atoms with E-state index in [1.165, 1.54) is 5.56 Å². The Morgan fingerprint density at radius 1 is 1.09 bits per heavy atom. The quantitative estimate of drug-likeness (QED) is 0.487. The third kappa shape index (κ3) is 5.13. The third-order valence-corrected chi connectivity index (χ3v) is 3.26. The maximum Gasteiger partial charge on any atom is 0.193 e. The Morgan fingerprint density at radius 3 is 2.55 bits per heavy atom. The number of hydrogen-bond acceptors (Lipinski definition) is 2. The summed E-state index contributed by atoms with van der Waals surface area (Å²) in [5.41, 5.74) is 9.17. The van der Waals surface area contributed by atoms with E-state index >= 15 is 0 Å². The number of aliphatic imine (C=N–C) groups is 1. The number of nitrogens with one attached hydrogen (secondary N) is 1. The molecule has 0 radical (unpaired) electrons. The van der Waals surface area contributed by atoms with E-state index < -0.39 is 0 Å². The summed E-state index contributed by atoms with van der Waals surface area (Å²) < 4.78 is 5.72. The number of hydrogen-bond donors (Lipinski definition) is 2. The van der Waals surface area contributed by atoms with Crippen molar-refractivity contribution >= 4 is 11.6 Å². The molecule has 2 aromatic rings. The lowest BCUT2D eigenvalue weighted by Crippen LogP contribution is -2.23. The van der Waals surface area contributed by atoms with E-state index in [-0.39, 0.29) is 0 Å². The molecule has 2 aromatic carbocycles. The van der Waals surface area contributed by atoms with Gasteiger partial charge in [0.2, 0.25) is 0 Å². The standard InChI is InChI=1S/C18H23N3O/c1-14-8-10-16(11-9-14)21-18(19)20-12-5-13-22-17-7-4-3-6-15(17)2/h3-4,6-11H,5,12-13H2,1-2H3,(H3,19,20,21). The number of rotatable bonds is 6. The van der Waals surface area contributed by atoms with Gasteiger partial charge in [-0.1, -0.05) is 35.9 Å². The zero-order valence-corrected chi connectivity index (χ0v) is 13.2. The van der Waals surface area contributed by atoms with Crippen LogP contribution >= 0.6 is 0 Å². The summed E-state index contributed by atoms with van der Waals surface area (Å²) >= 11 is 0. The summed E-state index contributed by atoms with van der Waals surface area (Å²) in [6.45, 7) is 5.36. The molecule has 22 heavy (non-hydrogen) atoms. The van der Waals surface area contributed by atoms with Crippen LogP contribution in [0.25, 0.3) is 0 Å². The lowest BCUT2D eigenvalue weighted by atomic mass is 10.2. The van der Waals surface area contributed by atoms with Gasteiger partial charge >= 0.3 is 0 Å². The molecule has 3 N–H and O–H groups in total. The maximum absolute atomic E-state index is 5.86. The second-order valence-corrected chi connectivity index (χ2v) is 5.23. The maximum atomic E-state index is 5.86. The van der Waals surface area contributed by atoms with Gasteiger partial charge in [-0.15, -0.1) is 0 Å². The van der Waals surface area contributed by atoms with Crippen molar-refractivity contribution < 1.29 is 4.74 Å². The molecule has 0 saturated carbocycles. The fourth-order valence-electron chi connectivity index (χ4n) is 1.99. The molecular weight excluding hydrogens is 274 g/mol. The molecule has 0 aliphatic heterocycles. The first kappa shape index (κ1) is 15.9. The Labute approximate surface area is 132 Å². The highest BCUT2D eigenvalue weighted by Gasteiger charge is 1.98. The van der Waals surface area contributed by atoms with Crippen LogP contribution in [0.15, 0.2) is 53.5 Å². The Hall–Kier alpha value is -2.49. The van der Waals surface area contributed by atoms with Gasteiger partial charge < -0.3 is 15.8 Å². The molecule has 0 aromatic heterocycles. The second-order valence-electron chi connectivity index (χ2n) is 5.23. The zero-order valence-electron chi connectivity index (χ0n) is 13.2. The van der Waals surface area contributed by atoms with Gasteiger partial charge in [0.15, 0.2) is 5.96 Å². The number of para-hydroxylation sites is 1. The first-order valence-corrected chi connectivity index (χ1v) is 7.47. The molecule has 0 saturated heterocycles. The predicted molar refractivity (Wildman–Crippen MR) is 92.6 cm³/mol. The summed E-state index contributed by atoms with van der Waals surface area (Å²) in [7, 11) is 0. The number of anilines is 1. The summed E-state index contributed by atoms with van der Waals surface area (Å²) in [5.74, 6) is 1.36. The minimum atomic E-state index is 0.430.